The lowest BCUT2D eigenvalue weighted by molar-refractivity contribution is -0.131. The molecule has 0 radical (unpaired) electrons. The normalized spacial score (nSPS) is 10.2. The van der Waals surface area contributed by atoms with Gasteiger partial charge in [-0.25, -0.2) is 0 Å². The molecule has 0 unspecified atom stereocenters. The van der Waals surface area contributed by atoms with Crippen molar-refractivity contribution in [2.45, 2.75) is 6.92 Å². The monoisotopic (exact) mass is 201 g/mol. The molecule has 3 heteroatoms. The molecule has 0 saturated carbocycles. The van der Waals surface area contributed by atoms with Crippen LogP contribution in [0.25, 0.3) is 10.8 Å². The standard InChI is InChI=1S/C12H11NO2/c1-8(14)15-12-10-5-3-2-4-9(10)6-7-11(12)13/h2-7H,13H2,1H3. The smallest absolute Gasteiger partial charge is 0.308 e. The van der Waals surface area contributed by atoms with Crippen molar-refractivity contribution >= 4 is 22.4 Å². The van der Waals surface area contributed by atoms with Crippen LogP contribution in [0.1, 0.15) is 6.92 Å². The van der Waals surface area contributed by atoms with E-state index in [1.807, 2.05) is 30.3 Å². The third kappa shape index (κ3) is 1.76. The van der Waals surface area contributed by atoms with Crippen LogP contribution in [0.2, 0.25) is 0 Å². The molecule has 0 amide bonds. The van der Waals surface area contributed by atoms with E-state index in [9.17, 15) is 4.79 Å². The van der Waals surface area contributed by atoms with Gasteiger partial charge in [-0.15, -0.1) is 0 Å². The van der Waals surface area contributed by atoms with Gasteiger partial charge in [-0.05, 0) is 11.5 Å². The fourth-order valence-corrected chi connectivity index (χ4v) is 1.52. The molecule has 0 saturated heterocycles. The number of carbonyl (C=O) groups excluding carboxylic acids is 1. The molecule has 0 aliphatic heterocycles. The van der Waals surface area contributed by atoms with Crippen molar-refractivity contribution < 1.29 is 9.53 Å². The Labute approximate surface area is 87.5 Å². The number of esters is 1. The molecule has 3 nitrogen and oxygen atoms in total. The molecule has 0 fully saturated rings. The number of nitrogens with two attached hydrogens (primary N) is 1. The summed E-state index contributed by atoms with van der Waals surface area (Å²) in [4.78, 5) is 10.9. The molecule has 2 N–H and O–H groups in total. The van der Waals surface area contributed by atoms with Crippen molar-refractivity contribution in [2.75, 3.05) is 5.73 Å². The predicted octanol–water partition coefficient (Wildman–Crippen LogP) is 2.35. The minimum Gasteiger partial charge on any atom is -0.424 e. The van der Waals surface area contributed by atoms with Gasteiger partial charge in [-0.3, -0.25) is 4.79 Å². The summed E-state index contributed by atoms with van der Waals surface area (Å²) in [6.45, 7) is 1.36. The summed E-state index contributed by atoms with van der Waals surface area (Å²) in [5.74, 6) is 0.0821. The summed E-state index contributed by atoms with van der Waals surface area (Å²) in [6.07, 6.45) is 0. The molecule has 0 spiro atoms. The first kappa shape index (κ1) is 9.52. The highest BCUT2D eigenvalue weighted by Crippen LogP contribution is 2.31. The van der Waals surface area contributed by atoms with Gasteiger partial charge in [0, 0.05) is 12.3 Å². The van der Waals surface area contributed by atoms with Crippen LogP contribution in [0, 0.1) is 0 Å². The first-order chi connectivity index (χ1) is 7.18. The molecule has 0 aliphatic carbocycles. The van der Waals surface area contributed by atoms with Crippen LogP contribution in [0.5, 0.6) is 5.75 Å². The van der Waals surface area contributed by atoms with Gasteiger partial charge in [-0.2, -0.15) is 0 Å². The van der Waals surface area contributed by atoms with Gasteiger partial charge in [0.25, 0.3) is 0 Å². The van der Waals surface area contributed by atoms with Crippen LogP contribution in [0.3, 0.4) is 0 Å². The van der Waals surface area contributed by atoms with Crippen molar-refractivity contribution in [1.29, 1.82) is 0 Å². The quantitative estimate of drug-likeness (QED) is 0.437. The second-order valence-corrected chi connectivity index (χ2v) is 3.30. The fraction of sp³-hybridized carbons (Fsp3) is 0.0833. The van der Waals surface area contributed by atoms with Gasteiger partial charge in [-0.1, -0.05) is 30.3 Å². The molecular weight excluding hydrogens is 190 g/mol. The van der Waals surface area contributed by atoms with E-state index in [0.29, 0.717) is 11.4 Å². The van der Waals surface area contributed by atoms with Crippen LogP contribution in [-0.4, -0.2) is 5.97 Å². The number of fused-ring (bicyclic) bond motifs is 1. The minimum absolute atomic E-state index is 0.363. The average molecular weight is 201 g/mol. The second kappa shape index (κ2) is 3.61. The van der Waals surface area contributed by atoms with Crippen molar-refractivity contribution in [3.8, 4) is 5.75 Å². The molecule has 0 aliphatic rings. The van der Waals surface area contributed by atoms with Gasteiger partial charge >= 0.3 is 5.97 Å². The maximum atomic E-state index is 10.9. The lowest BCUT2D eigenvalue weighted by atomic mass is 10.1. The van der Waals surface area contributed by atoms with Crippen LogP contribution >= 0.6 is 0 Å². The highest BCUT2D eigenvalue weighted by Gasteiger charge is 2.07. The Kier molecular flexibility index (Phi) is 2.29. The number of carbonyl (C=O) groups is 1. The highest BCUT2D eigenvalue weighted by atomic mass is 16.5. The average Bonchev–Trinajstić information content (AvgIpc) is 2.22. The van der Waals surface area contributed by atoms with Gasteiger partial charge in [0.1, 0.15) is 0 Å². The van der Waals surface area contributed by atoms with E-state index in [4.69, 9.17) is 10.5 Å². The van der Waals surface area contributed by atoms with E-state index in [2.05, 4.69) is 0 Å². The van der Waals surface area contributed by atoms with Crippen molar-refractivity contribution in [3.63, 3.8) is 0 Å². The van der Waals surface area contributed by atoms with E-state index in [-0.39, 0.29) is 5.97 Å². The molecule has 2 rings (SSSR count). The Hall–Kier alpha value is -2.03. The SMILES string of the molecule is CC(=O)Oc1c(N)ccc2ccccc12. The third-order valence-corrected chi connectivity index (χ3v) is 2.16. The lowest BCUT2D eigenvalue weighted by Gasteiger charge is -2.08. The van der Waals surface area contributed by atoms with Gasteiger partial charge in [0.2, 0.25) is 0 Å². The first-order valence-electron chi connectivity index (χ1n) is 4.64. The number of benzene rings is 2. The van der Waals surface area contributed by atoms with Crippen LogP contribution < -0.4 is 10.5 Å². The maximum absolute atomic E-state index is 10.9. The van der Waals surface area contributed by atoms with Crippen molar-refractivity contribution in [3.05, 3.63) is 36.4 Å². The van der Waals surface area contributed by atoms with Crippen molar-refractivity contribution in [1.82, 2.24) is 0 Å². The van der Waals surface area contributed by atoms with E-state index < -0.39 is 0 Å². The Morgan fingerprint density at radius 2 is 1.93 bits per heavy atom. The summed E-state index contributed by atoms with van der Waals surface area (Å²) in [6, 6.07) is 11.3. The molecular formula is C12H11NO2. The Morgan fingerprint density at radius 1 is 1.20 bits per heavy atom. The molecule has 0 heterocycles. The molecule has 76 valence electrons. The molecule has 0 atom stereocenters. The number of hydrogen-bond donors (Lipinski definition) is 1. The molecule has 2 aromatic carbocycles. The van der Waals surface area contributed by atoms with E-state index in [1.165, 1.54) is 6.92 Å². The summed E-state index contributed by atoms with van der Waals surface area (Å²) in [5, 5.41) is 1.86. The van der Waals surface area contributed by atoms with Gasteiger partial charge in [0.15, 0.2) is 5.75 Å². The fourth-order valence-electron chi connectivity index (χ4n) is 1.52. The highest BCUT2D eigenvalue weighted by molar-refractivity contribution is 5.94. The Bertz CT molecular complexity index is 520. The topological polar surface area (TPSA) is 52.3 Å². The van der Waals surface area contributed by atoms with Gasteiger partial charge < -0.3 is 10.5 Å². The van der Waals surface area contributed by atoms with E-state index >= 15 is 0 Å². The second-order valence-electron chi connectivity index (χ2n) is 3.30. The van der Waals surface area contributed by atoms with Crippen LogP contribution in [0.15, 0.2) is 36.4 Å². The summed E-state index contributed by atoms with van der Waals surface area (Å²) in [7, 11) is 0. The minimum atomic E-state index is -0.363. The summed E-state index contributed by atoms with van der Waals surface area (Å²) >= 11 is 0. The third-order valence-electron chi connectivity index (χ3n) is 2.16. The lowest BCUT2D eigenvalue weighted by Crippen LogP contribution is -2.04. The zero-order valence-corrected chi connectivity index (χ0v) is 8.36. The largest absolute Gasteiger partial charge is 0.424 e. The predicted molar refractivity (Wildman–Crippen MR) is 59.7 cm³/mol. The summed E-state index contributed by atoms with van der Waals surface area (Å²) < 4.78 is 5.09. The number of nitrogen functional groups attached to an aromatic ring is 1. The zero-order valence-electron chi connectivity index (χ0n) is 8.36. The molecule has 15 heavy (non-hydrogen) atoms. The number of rotatable bonds is 1. The van der Waals surface area contributed by atoms with E-state index in [0.717, 1.165) is 10.8 Å². The number of ether oxygens (including phenoxy) is 1. The molecule has 2 aromatic rings. The maximum Gasteiger partial charge on any atom is 0.308 e. The Balaban J connectivity index is 2.68. The molecule has 0 aromatic heterocycles. The zero-order chi connectivity index (χ0) is 10.8. The van der Waals surface area contributed by atoms with E-state index in [1.54, 1.807) is 6.07 Å². The van der Waals surface area contributed by atoms with Crippen molar-refractivity contribution in [2.24, 2.45) is 0 Å². The van der Waals surface area contributed by atoms with Gasteiger partial charge in [0.05, 0.1) is 5.69 Å². The summed E-state index contributed by atoms with van der Waals surface area (Å²) in [5.41, 5.74) is 6.23. The molecule has 0 bridgehead atoms. The van der Waals surface area contributed by atoms with Crippen LogP contribution in [0.4, 0.5) is 5.69 Å². The number of anilines is 1. The van der Waals surface area contributed by atoms with Crippen LogP contribution in [-0.2, 0) is 4.79 Å². The number of hydrogen-bond acceptors (Lipinski definition) is 3. The Morgan fingerprint density at radius 3 is 2.67 bits per heavy atom. The first-order valence-corrected chi connectivity index (χ1v) is 4.64.